The molecule has 0 heterocycles. The van der Waals surface area contributed by atoms with Gasteiger partial charge in [-0.2, -0.15) is 0 Å². The third-order valence-corrected chi connectivity index (χ3v) is 6.89. The van der Waals surface area contributed by atoms with Gasteiger partial charge in [0, 0.05) is 17.1 Å². The van der Waals surface area contributed by atoms with E-state index in [0.717, 1.165) is 18.4 Å². The molecule has 6 atom stereocenters. The van der Waals surface area contributed by atoms with Gasteiger partial charge >= 0.3 is 11.9 Å². The SMILES string of the molecule is O=C(O)C1=CC2CCC1C1c3ccccc3C2C2C=CC=C(C(=O)O)C21. The Labute approximate surface area is 151 Å². The van der Waals surface area contributed by atoms with Crippen LogP contribution < -0.4 is 0 Å². The van der Waals surface area contributed by atoms with Crippen LogP contribution in [0.4, 0.5) is 0 Å². The maximum absolute atomic E-state index is 12.0. The minimum atomic E-state index is -0.884. The van der Waals surface area contributed by atoms with Gasteiger partial charge in [0.05, 0.1) is 0 Å². The number of benzene rings is 1. The second-order valence-corrected chi connectivity index (χ2v) is 7.87. The van der Waals surface area contributed by atoms with Crippen molar-refractivity contribution in [3.05, 3.63) is 70.8 Å². The molecule has 4 bridgehead atoms. The van der Waals surface area contributed by atoms with Crippen molar-refractivity contribution in [1.29, 1.82) is 0 Å². The predicted molar refractivity (Wildman–Crippen MR) is 95.7 cm³/mol. The maximum atomic E-state index is 12.0. The molecule has 1 fully saturated rings. The summed E-state index contributed by atoms with van der Waals surface area (Å²) < 4.78 is 0. The van der Waals surface area contributed by atoms with Crippen molar-refractivity contribution in [2.24, 2.45) is 23.7 Å². The molecule has 4 nitrogen and oxygen atoms in total. The second-order valence-electron chi connectivity index (χ2n) is 7.87. The molecule has 4 heteroatoms. The highest BCUT2D eigenvalue weighted by atomic mass is 16.4. The van der Waals surface area contributed by atoms with E-state index in [1.165, 1.54) is 5.56 Å². The van der Waals surface area contributed by atoms with E-state index < -0.39 is 11.9 Å². The van der Waals surface area contributed by atoms with E-state index in [-0.39, 0.29) is 35.5 Å². The Bertz CT molecular complexity index is 906. The first-order chi connectivity index (χ1) is 12.6. The Morgan fingerprint density at radius 1 is 0.885 bits per heavy atom. The topological polar surface area (TPSA) is 74.6 Å². The molecule has 1 saturated carbocycles. The van der Waals surface area contributed by atoms with Crippen LogP contribution in [-0.4, -0.2) is 22.2 Å². The first-order valence-electron chi connectivity index (χ1n) is 9.23. The maximum Gasteiger partial charge on any atom is 0.331 e. The van der Waals surface area contributed by atoms with Crippen LogP contribution in [0.15, 0.2) is 59.7 Å². The van der Waals surface area contributed by atoms with Crippen molar-refractivity contribution in [2.75, 3.05) is 0 Å². The average molecular weight is 348 g/mol. The number of carboxylic acids is 2. The van der Waals surface area contributed by atoms with Crippen molar-refractivity contribution in [3.63, 3.8) is 0 Å². The molecule has 132 valence electrons. The summed E-state index contributed by atoms with van der Waals surface area (Å²) in [4.78, 5) is 23.9. The third-order valence-electron chi connectivity index (χ3n) is 6.89. The van der Waals surface area contributed by atoms with Crippen molar-refractivity contribution < 1.29 is 19.8 Å². The standard InChI is InChI=1S/C22H20O4/c23-21(24)16-7-3-6-15-18-11-8-9-14(17(10-11)22(25)26)19(20(15)16)13-5-2-1-4-12(13)18/h1-7,10-11,14-15,18-20H,8-9H2,(H,23,24)(H,25,26). The molecule has 1 aromatic rings. The summed E-state index contributed by atoms with van der Waals surface area (Å²) >= 11 is 0. The first-order valence-corrected chi connectivity index (χ1v) is 9.23. The van der Waals surface area contributed by atoms with Gasteiger partial charge in [0.2, 0.25) is 0 Å². The minimum Gasteiger partial charge on any atom is -0.478 e. The summed E-state index contributed by atoms with van der Waals surface area (Å²) in [5.41, 5.74) is 3.36. The molecule has 0 aromatic heterocycles. The Hall–Kier alpha value is -2.62. The Morgan fingerprint density at radius 2 is 1.58 bits per heavy atom. The monoisotopic (exact) mass is 348 g/mol. The van der Waals surface area contributed by atoms with E-state index in [4.69, 9.17) is 0 Å². The number of aliphatic carboxylic acids is 2. The highest BCUT2D eigenvalue weighted by Gasteiger charge is 2.54. The molecule has 7 aliphatic rings. The van der Waals surface area contributed by atoms with Gasteiger partial charge in [0.1, 0.15) is 0 Å². The van der Waals surface area contributed by atoms with Gasteiger partial charge in [-0.1, -0.05) is 48.6 Å². The molecule has 7 aliphatic carbocycles. The van der Waals surface area contributed by atoms with Crippen LogP contribution >= 0.6 is 0 Å². The fourth-order valence-electron chi connectivity index (χ4n) is 6.07. The van der Waals surface area contributed by atoms with Gasteiger partial charge in [0.15, 0.2) is 0 Å². The zero-order valence-corrected chi connectivity index (χ0v) is 14.2. The molecule has 8 rings (SSSR count). The lowest BCUT2D eigenvalue weighted by molar-refractivity contribution is -0.133. The van der Waals surface area contributed by atoms with Crippen LogP contribution in [0.5, 0.6) is 0 Å². The summed E-state index contributed by atoms with van der Waals surface area (Å²) in [5.74, 6) is -1.72. The molecule has 0 aliphatic heterocycles. The van der Waals surface area contributed by atoms with Gasteiger partial charge < -0.3 is 10.2 Å². The molecule has 26 heavy (non-hydrogen) atoms. The fraction of sp³-hybridized carbons (Fsp3) is 0.364. The number of allylic oxidation sites excluding steroid dienone is 4. The van der Waals surface area contributed by atoms with Gasteiger partial charge in [-0.3, -0.25) is 0 Å². The van der Waals surface area contributed by atoms with E-state index in [1.807, 2.05) is 24.3 Å². The van der Waals surface area contributed by atoms with Crippen LogP contribution in [0.25, 0.3) is 0 Å². The van der Waals surface area contributed by atoms with Gasteiger partial charge in [-0.05, 0) is 53.6 Å². The quantitative estimate of drug-likeness (QED) is 0.854. The molecule has 0 saturated heterocycles. The molecule has 0 spiro atoms. The van der Waals surface area contributed by atoms with Gasteiger partial charge in [-0.15, -0.1) is 0 Å². The van der Waals surface area contributed by atoms with Crippen LogP contribution in [0.1, 0.15) is 35.8 Å². The molecule has 6 unspecified atom stereocenters. The minimum absolute atomic E-state index is 0.0941. The Balaban J connectivity index is 1.80. The molecular weight excluding hydrogens is 328 g/mol. The molecule has 1 aromatic carbocycles. The zero-order valence-electron chi connectivity index (χ0n) is 14.2. The van der Waals surface area contributed by atoms with E-state index in [0.29, 0.717) is 11.1 Å². The molecule has 0 radical (unpaired) electrons. The zero-order chi connectivity index (χ0) is 18.0. The van der Waals surface area contributed by atoms with Crippen LogP contribution in [0.3, 0.4) is 0 Å². The van der Waals surface area contributed by atoms with Crippen LogP contribution in [-0.2, 0) is 9.59 Å². The average Bonchev–Trinajstić information content (AvgIpc) is 2.62. The highest BCUT2D eigenvalue weighted by Crippen LogP contribution is 2.62. The molecule has 2 N–H and O–H groups in total. The van der Waals surface area contributed by atoms with E-state index in [2.05, 4.69) is 18.2 Å². The lowest BCUT2D eigenvalue weighted by Gasteiger charge is -2.54. The van der Waals surface area contributed by atoms with Gasteiger partial charge in [-0.25, -0.2) is 9.59 Å². The number of carboxylic acid groups (broad SMARTS) is 2. The number of hydrogen-bond acceptors (Lipinski definition) is 2. The Morgan fingerprint density at radius 3 is 2.27 bits per heavy atom. The van der Waals surface area contributed by atoms with Crippen molar-refractivity contribution in [3.8, 4) is 0 Å². The summed E-state index contributed by atoms with van der Waals surface area (Å²) in [6.45, 7) is 0. The van der Waals surface area contributed by atoms with E-state index in [1.54, 1.807) is 6.08 Å². The lowest BCUT2D eigenvalue weighted by atomic mass is 9.49. The summed E-state index contributed by atoms with van der Waals surface area (Å²) in [6.07, 6.45) is 9.51. The van der Waals surface area contributed by atoms with Crippen molar-refractivity contribution in [1.82, 2.24) is 0 Å². The third kappa shape index (κ3) is 1.96. The highest BCUT2D eigenvalue weighted by molar-refractivity contribution is 5.90. The van der Waals surface area contributed by atoms with Crippen LogP contribution in [0, 0.1) is 23.7 Å². The normalized spacial score (nSPS) is 36.3. The molecular formula is C22H20O4. The Kier molecular flexibility index (Phi) is 3.27. The molecule has 0 amide bonds. The van der Waals surface area contributed by atoms with Crippen molar-refractivity contribution in [2.45, 2.75) is 24.7 Å². The predicted octanol–water partition coefficient (Wildman–Crippen LogP) is 3.73. The van der Waals surface area contributed by atoms with Crippen LogP contribution in [0.2, 0.25) is 0 Å². The van der Waals surface area contributed by atoms with E-state index >= 15 is 0 Å². The number of hydrogen-bond donors (Lipinski definition) is 2. The van der Waals surface area contributed by atoms with E-state index in [9.17, 15) is 19.8 Å². The smallest absolute Gasteiger partial charge is 0.331 e. The largest absolute Gasteiger partial charge is 0.478 e. The number of rotatable bonds is 2. The van der Waals surface area contributed by atoms with Crippen molar-refractivity contribution >= 4 is 11.9 Å². The number of carbonyl (C=O) groups is 2. The lowest BCUT2D eigenvalue weighted by Crippen LogP contribution is -2.46. The summed E-state index contributed by atoms with van der Waals surface area (Å²) in [5, 5.41) is 19.6. The fourth-order valence-corrected chi connectivity index (χ4v) is 6.07. The first kappa shape index (κ1) is 15.6. The second kappa shape index (κ2) is 5.44. The summed E-state index contributed by atoms with van der Waals surface area (Å²) in [6, 6.07) is 8.28. The summed E-state index contributed by atoms with van der Waals surface area (Å²) in [7, 11) is 0. The van der Waals surface area contributed by atoms with Gasteiger partial charge in [0.25, 0.3) is 0 Å².